The molecule has 2 saturated carbocycles. The van der Waals surface area contributed by atoms with Crippen LogP contribution in [0.5, 0.6) is 0 Å². The second-order valence-corrected chi connectivity index (χ2v) is 7.45. The van der Waals surface area contributed by atoms with Gasteiger partial charge in [0, 0.05) is 29.1 Å². The van der Waals surface area contributed by atoms with Crippen molar-refractivity contribution in [1.82, 2.24) is 5.32 Å². The fraction of sp³-hybridized carbons (Fsp3) is 0.667. The van der Waals surface area contributed by atoms with E-state index in [0.717, 1.165) is 17.6 Å². The molecule has 2 unspecified atom stereocenters. The molecule has 2 aliphatic carbocycles. The van der Waals surface area contributed by atoms with Crippen LogP contribution in [0.25, 0.3) is 0 Å². The Morgan fingerprint density at radius 3 is 2.57 bits per heavy atom. The highest BCUT2D eigenvalue weighted by Crippen LogP contribution is 2.53. The average molecular weight is 352 g/mol. The van der Waals surface area contributed by atoms with Crippen LogP contribution in [0, 0.1) is 5.41 Å². The lowest BCUT2D eigenvalue weighted by molar-refractivity contribution is -0.150. The predicted octanol–water partition coefficient (Wildman–Crippen LogP) is 4.67. The van der Waals surface area contributed by atoms with Crippen molar-refractivity contribution in [2.45, 2.75) is 64.1 Å². The first-order valence-electron chi connectivity index (χ1n) is 8.34. The van der Waals surface area contributed by atoms with Crippen LogP contribution in [-0.4, -0.2) is 18.8 Å². The van der Waals surface area contributed by atoms with Crippen LogP contribution in [0.1, 0.15) is 51.0 Å². The summed E-state index contributed by atoms with van der Waals surface area (Å²) in [4.78, 5) is 0. The third kappa shape index (κ3) is 3.20. The maximum atomic E-state index is 6.02. The SMILES string of the molecule is CCOC1CC(NCc2ccc(Br)cc2)C12CCCCC2. The summed E-state index contributed by atoms with van der Waals surface area (Å²) < 4.78 is 7.17. The Bertz CT molecular complexity index is 453. The Labute approximate surface area is 136 Å². The summed E-state index contributed by atoms with van der Waals surface area (Å²) in [6.07, 6.45) is 8.51. The highest BCUT2D eigenvalue weighted by molar-refractivity contribution is 9.10. The Balaban J connectivity index is 1.60. The van der Waals surface area contributed by atoms with Crippen LogP contribution in [0.3, 0.4) is 0 Å². The van der Waals surface area contributed by atoms with E-state index >= 15 is 0 Å². The maximum absolute atomic E-state index is 6.02. The lowest BCUT2D eigenvalue weighted by atomic mass is 9.55. The molecule has 1 spiro atoms. The fourth-order valence-electron chi connectivity index (χ4n) is 4.19. The van der Waals surface area contributed by atoms with E-state index in [1.165, 1.54) is 44.1 Å². The molecule has 0 radical (unpaired) electrons. The van der Waals surface area contributed by atoms with Gasteiger partial charge < -0.3 is 10.1 Å². The zero-order valence-corrected chi connectivity index (χ0v) is 14.5. The Kier molecular flexibility index (Phi) is 5.03. The zero-order chi connectivity index (χ0) is 14.7. The van der Waals surface area contributed by atoms with Gasteiger partial charge in [0.1, 0.15) is 0 Å². The minimum absolute atomic E-state index is 0.420. The van der Waals surface area contributed by atoms with Crippen LogP contribution >= 0.6 is 15.9 Å². The lowest BCUT2D eigenvalue weighted by Crippen LogP contribution is -2.64. The van der Waals surface area contributed by atoms with E-state index in [-0.39, 0.29) is 0 Å². The summed E-state index contributed by atoms with van der Waals surface area (Å²) in [5.41, 5.74) is 1.79. The molecule has 0 bridgehead atoms. The van der Waals surface area contributed by atoms with E-state index in [0.29, 0.717) is 17.6 Å². The first kappa shape index (κ1) is 15.5. The third-order valence-corrected chi connectivity index (χ3v) is 5.93. The molecule has 2 fully saturated rings. The quantitative estimate of drug-likeness (QED) is 0.832. The second-order valence-electron chi connectivity index (χ2n) is 6.53. The number of hydrogen-bond donors (Lipinski definition) is 1. The van der Waals surface area contributed by atoms with Crippen LogP contribution in [0.15, 0.2) is 28.7 Å². The zero-order valence-electron chi connectivity index (χ0n) is 12.9. The average Bonchev–Trinajstić information content (AvgIpc) is 2.52. The molecule has 0 amide bonds. The van der Waals surface area contributed by atoms with Gasteiger partial charge in [-0.2, -0.15) is 0 Å². The van der Waals surface area contributed by atoms with Gasteiger partial charge in [0.2, 0.25) is 0 Å². The van der Waals surface area contributed by atoms with Gasteiger partial charge in [0.15, 0.2) is 0 Å². The van der Waals surface area contributed by atoms with E-state index in [1.54, 1.807) is 0 Å². The van der Waals surface area contributed by atoms with E-state index in [2.05, 4.69) is 52.4 Å². The van der Waals surface area contributed by atoms with Crippen molar-refractivity contribution in [3.05, 3.63) is 34.3 Å². The monoisotopic (exact) mass is 351 g/mol. The lowest BCUT2D eigenvalue weighted by Gasteiger charge is -2.58. The highest BCUT2D eigenvalue weighted by atomic mass is 79.9. The fourth-order valence-corrected chi connectivity index (χ4v) is 4.46. The standard InChI is InChI=1S/C18H26BrNO/c1-2-21-17-12-16(18(17)10-4-3-5-11-18)20-13-14-6-8-15(19)9-7-14/h6-9,16-17,20H,2-5,10-13H2,1H3. The van der Waals surface area contributed by atoms with Crippen molar-refractivity contribution in [2.24, 2.45) is 5.41 Å². The Hall–Kier alpha value is -0.380. The van der Waals surface area contributed by atoms with Gasteiger partial charge in [-0.1, -0.05) is 47.3 Å². The van der Waals surface area contributed by atoms with Crippen LogP contribution in [-0.2, 0) is 11.3 Å². The molecule has 0 aromatic heterocycles. The molecule has 0 saturated heterocycles. The Morgan fingerprint density at radius 1 is 1.19 bits per heavy atom. The molecule has 2 atom stereocenters. The van der Waals surface area contributed by atoms with Crippen molar-refractivity contribution in [3.8, 4) is 0 Å². The van der Waals surface area contributed by atoms with E-state index in [9.17, 15) is 0 Å². The highest BCUT2D eigenvalue weighted by Gasteiger charge is 2.55. The van der Waals surface area contributed by atoms with E-state index < -0.39 is 0 Å². The molecule has 3 heteroatoms. The van der Waals surface area contributed by atoms with E-state index in [1.807, 2.05) is 0 Å². The largest absolute Gasteiger partial charge is 0.378 e. The van der Waals surface area contributed by atoms with Gasteiger partial charge in [0.25, 0.3) is 0 Å². The van der Waals surface area contributed by atoms with Crippen molar-refractivity contribution >= 4 is 15.9 Å². The number of ether oxygens (including phenoxy) is 1. The predicted molar refractivity (Wildman–Crippen MR) is 90.3 cm³/mol. The molecule has 1 aromatic rings. The Morgan fingerprint density at radius 2 is 1.90 bits per heavy atom. The molecule has 1 N–H and O–H groups in total. The first-order chi connectivity index (χ1) is 10.2. The molecular formula is C18H26BrNO. The van der Waals surface area contributed by atoms with Gasteiger partial charge in [-0.05, 0) is 43.9 Å². The number of nitrogens with one attached hydrogen (secondary N) is 1. The van der Waals surface area contributed by atoms with Crippen molar-refractivity contribution in [2.75, 3.05) is 6.61 Å². The molecule has 21 heavy (non-hydrogen) atoms. The summed E-state index contributed by atoms with van der Waals surface area (Å²) >= 11 is 3.50. The van der Waals surface area contributed by atoms with Crippen molar-refractivity contribution in [3.63, 3.8) is 0 Å². The molecule has 2 nitrogen and oxygen atoms in total. The van der Waals surface area contributed by atoms with Crippen LogP contribution in [0.4, 0.5) is 0 Å². The van der Waals surface area contributed by atoms with Gasteiger partial charge in [-0.3, -0.25) is 0 Å². The number of halogens is 1. The molecule has 116 valence electrons. The summed E-state index contributed by atoms with van der Waals surface area (Å²) in [7, 11) is 0. The number of hydrogen-bond acceptors (Lipinski definition) is 2. The van der Waals surface area contributed by atoms with Gasteiger partial charge in [0.05, 0.1) is 6.10 Å². The third-order valence-electron chi connectivity index (χ3n) is 5.40. The molecule has 1 aromatic carbocycles. The van der Waals surface area contributed by atoms with Crippen LogP contribution < -0.4 is 5.32 Å². The minimum Gasteiger partial charge on any atom is -0.378 e. The minimum atomic E-state index is 0.420. The van der Waals surface area contributed by atoms with Crippen molar-refractivity contribution < 1.29 is 4.74 Å². The summed E-state index contributed by atoms with van der Waals surface area (Å²) in [6, 6.07) is 9.28. The van der Waals surface area contributed by atoms with E-state index in [4.69, 9.17) is 4.74 Å². The smallest absolute Gasteiger partial charge is 0.0661 e. The van der Waals surface area contributed by atoms with Gasteiger partial charge in [-0.25, -0.2) is 0 Å². The molecular weight excluding hydrogens is 326 g/mol. The summed E-state index contributed by atoms with van der Waals surface area (Å²) in [5.74, 6) is 0. The van der Waals surface area contributed by atoms with Gasteiger partial charge in [-0.15, -0.1) is 0 Å². The van der Waals surface area contributed by atoms with Gasteiger partial charge >= 0.3 is 0 Å². The second kappa shape index (κ2) is 6.80. The molecule has 0 aliphatic heterocycles. The number of rotatable bonds is 5. The van der Waals surface area contributed by atoms with Crippen molar-refractivity contribution in [1.29, 1.82) is 0 Å². The summed E-state index contributed by atoms with van der Waals surface area (Å²) in [5, 5.41) is 3.81. The molecule has 3 rings (SSSR count). The number of benzene rings is 1. The maximum Gasteiger partial charge on any atom is 0.0661 e. The summed E-state index contributed by atoms with van der Waals surface area (Å²) in [6.45, 7) is 3.95. The molecule has 2 aliphatic rings. The first-order valence-corrected chi connectivity index (χ1v) is 9.13. The molecule has 0 heterocycles. The topological polar surface area (TPSA) is 21.3 Å². The normalized spacial score (nSPS) is 27.5. The van der Waals surface area contributed by atoms with Crippen LogP contribution in [0.2, 0.25) is 0 Å².